The predicted molar refractivity (Wildman–Crippen MR) is 107 cm³/mol. The molecular weight excluding hydrogens is 342 g/mol. The Morgan fingerprint density at radius 3 is 2.30 bits per heavy atom. The van der Waals surface area contributed by atoms with Gasteiger partial charge in [0.25, 0.3) is 5.91 Å². The van der Waals surface area contributed by atoms with Crippen molar-refractivity contribution in [1.29, 1.82) is 0 Å². The topological polar surface area (TPSA) is 61.9 Å². The Labute approximate surface area is 162 Å². The molecule has 1 unspecified atom stereocenters. The summed E-state index contributed by atoms with van der Waals surface area (Å²) in [4.78, 5) is 28.5. The third-order valence-corrected chi connectivity index (χ3v) is 5.00. The van der Waals surface area contributed by atoms with Crippen LogP contribution in [0.4, 0.5) is 0 Å². The largest absolute Gasteiger partial charge is 0.484 e. The summed E-state index contributed by atoms with van der Waals surface area (Å²) in [6, 6.07) is 6.93. The summed E-state index contributed by atoms with van der Waals surface area (Å²) in [6.07, 6.45) is 0.481. The molecule has 1 N–H and O–H groups in total. The Bertz CT molecular complexity index is 595. The number of hydrogen-bond donors (Lipinski definition) is 1. The van der Waals surface area contributed by atoms with Crippen LogP contribution in [0, 0.1) is 5.92 Å². The normalized spacial score (nSPS) is 16.7. The Balaban J connectivity index is 1.63. The van der Waals surface area contributed by atoms with Gasteiger partial charge in [0.15, 0.2) is 12.4 Å². The molecule has 1 aliphatic heterocycles. The van der Waals surface area contributed by atoms with Crippen molar-refractivity contribution in [1.82, 2.24) is 15.1 Å². The maximum Gasteiger partial charge on any atom is 0.257 e. The van der Waals surface area contributed by atoms with Gasteiger partial charge in [-0.2, -0.15) is 0 Å². The summed E-state index contributed by atoms with van der Waals surface area (Å²) in [5.74, 6) is 0.983. The van der Waals surface area contributed by atoms with Crippen LogP contribution in [0.2, 0.25) is 0 Å². The van der Waals surface area contributed by atoms with Gasteiger partial charge in [-0.05, 0) is 36.7 Å². The van der Waals surface area contributed by atoms with Crippen LogP contribution in [-0.4, -0.2) is 73.9 Å². The number of Topliss-reactive ketones (excluding diaryl/α,β-unsaturated/α-hetero) is 1. The minimum atomic E-state index is -0.119. The number of ether oxygens (including phenoxy) is 1. The number of carbonyl (C=O) groups excluding carboxylic acids is 2. The van der Waals surface area contributed by atoms with Gasteiger partial charge in [-0.1, -0.05) is 20.8 Å². The highest BCUT2D eigenvalue weighted by Gasteiger charge is 2.17. The van der Waals surface area contributed by atoms with E-state index in [-0.39, 0.29) is 18.3 Å². The second-order valence-electron chi connectivity index (χ2n) is 7.23. The van der Waals surface area contributed by atoms with Crippen molar-refractivity contribution in [3.63, 3.8) is 0 Å². The molecule has 2 rings (SSSR count). The van der Waals surface area contributed by atoms with E-state index < -0.39 is 0 Å². The summed E-state index contributed by atoms with van der Waals surface area (Å²) < 4.78 is 5.50. The lowest BCUT2D eigenvalue weighted by atomic mass is 10.1. The van der Waals surface area contributed by atoms with Gasteiger partial charge in [0, 0.05) is 51.3 Å². The number of rotatable bonds is 10. The first-order chi connectivity index (χ1) is 13.0. The van der Waals surface area contributed by atoms with Crippen LogP contribution in [0.3, 0.4) is 0 Å². The van der Waals surface area contributed by atoms with E-state index in [0.717, 1.165) is 39.3 Å². The molecule has 0 saturated carbocycles. The van der Waals surface area contributed by atoms with E-state index in [4.69, 9.17) is 4.74 Å². The van der Waals surface area contributed by atoms with Crippen LogP contribution in [0.25, 0.3) is 0 Å². The van der Waals surface area contributed by atoms with Gasteiger partial charge in [-0.15, -0.1) is 0 Å². The summed E-state index contributed by atoms with van der Waals surface area (Å²) in [6.45, 7) is 13.4. The number of hydrogen-bond acceptors (Lipinski definition) is 5. The molecule has 0 radical (unpaired) electrons. The number of piperazine rings is 1. The average molecular weight is 376 g/mol. The van der Waals surface area contributed by atoms with Gasteiger partial charge in [0.1, 0.15) is 5.75 Å². The molecule has 27 heavy (non-hydrogen) atoms. The van der Waals surface area contributed by atoms with Gasteiger partial charge in [0.05, 0.1) is 0 Å². The Kier molecular flexibility index (Phi) is 8.75. The predicted octanol–water partition coefficient (Wildman–Crippen LogP) is 2.05. The lowest BCUT2D eigenvalue weighted by molar-refractivity contribution is -0.123. The highest BCUT2D eigenvalue weighted by atomic mass is 16.5. The molecule has 0 aromatic heterocycles. The van der Waals surface area contributed by atoms with Crippen molar-refractivity contribution >= 4 is 11.7 Å². The third kappa shape index (κ3) is 7.31. The molecule has 0 bridgehead atoms. The Morgan fingerprint density at radius 1 is 1.07 bits per heavy atom. The first-order valence-corrected chi connectivity index (χ1v) is 9.99. The number of amides is 1. The van der Waals surface area contributed by atoms with E-state index in [1.165, 1.54) is 0 Å². The number of carbonyl (C=O) groups is 2. The smallest absolute Gasteiger partial charge is 0.257 e. The van der Waals surface area contributed by atoms with Crippen molar-refractivity contribution in [3.05, 3.63) is 29.8 Å². The highest BCUT2D eigenvalue weighted by molar-refractivity contribution is 5.95. The highest BCUT2D eigenvalue weighted by Crippen LogP contribution is 2.13. The second-order valence-corrected chi connectivity index (χ2v) is 7.23. The van der Waals surface area contributed by atoms with E-state index in [0.29, 0.717) is 30.2 Å². The molecule has 150 valence electrons. The molecule has 1 aromatic rings. The molecule has 0 spiro atoms. The van der Waals surface area contributed by atoms with Crippen LogP contribution in [-0.2, 0) is 4.79 Å². The van der Waals surface area contributed by atoms with Crippen molar-refractivity contribution in [3.8, 4) is 5.75 Å². The van der Waals surface area contributed by atoms with Crippen LogP contribution >= 0.6 is 0 Å². The van der Waals surface area contributed by atoms with Crippen molar-refractivity contribution < 1.29 is 14.3 Å². The molecule has 1 fully saturated rings. The van der Waals surface area contributed by atoms with Crippen LogP contribution in [0.1, 0.15) is 37.6 Å². The number of benzene rings is 1. The zero-order valence-electron chi connectivity index (χ0n) is 16.9. The number of ketones is 1. The van der Waals surface area contributed by atoms with Crippen LogP contribution in [0.15, 0.2) is 24.3 Å². The first-order valence-electron chi connectivity index (χ1n) is 9.99. The van der Waals surface area contributed by atoms with Gasteiger partial charge in [0.2, 0.25) is 0 Å². The fourth-order valence-electron chi connectivity index (χ4n) is 3.22. The second kappa shape index (κ2) is 11.0. The molecular formula is C21H33N3O3. The van der Waals surface area contributed by atoms with E-state index >= 15 is 0 Å². The molecule has 6 nitrogen and oxygen atoms in total. The minimum absolute atomic E-state index is 0.0109. The van der Waals surface area contributed by atoms with E-state index in [1.807, 2.05) is 6.92 Å². The zero-order valence-corrected chi connectivity index (χ0v) is 16.9. The molecule has 1 amide bonds. The number of nitrogens with one attached hydrogen (secondary N) is 1. The molecule has 1 aliphatic rings. The Hall–Kier alpha value is -1.92. The summed E-state index contributed by atoms with van der Waals surface area (Å²) >= 11 is 0. The molecule has 1 aromatic carbocycles. The number of likely N-dealkylation sites (N-methyl/N-ethyl adjacent to an activating group) is 1. The van der Waals surface area contributed by atoms with Gasteiger partial charge >= 0.3 is 0 Å². The van der Waals surface area contributed by atoms with Gasteiger partial charge in [-0.25, -0.2) is 0 Å². The summed E-state index contributed by atoms with van der Waals surface area (Å²) in [5.41, 5.74) is 0.669. The SMILES string of the molecule is CCC(=O)c1ccc(OCC(=O)NCC(C)CN2CCN(CC)CC2)cc1. The van der Waals surface area contributed by atoms with Gasteiger partial charge < -0.3 is 19.9 Å². The van der Waals surface area contributed by atoms with E-state index in [2.05, 4.69) is 29.0 Å². The lowest BCUT2D eigenvalue weighted by Crippen LogP contribution is -2.48. The van der Waals surface area contributed by atoms with Crippen LogP contribution in [0.5, 0.6) is 5.75 Å². The standard InChI is InChI=1S/C21H33N3O3/c1-4-20(25)18-6-8-19(9-7-18)27-16-21(26)22-14-17(3)15-24-12-10-23(5-2)11-13-24/h6-9,17H,4-5,10-16H2,1-3H3,(H,22,26). The molecule has 0 aliphatic carbocycles. The van der Waals surface area contributed by atoms with Gasteiger partial charge in [-0.3, -0.25) is 9.59 Å². The monoisotopic (exact) mass is 375 g/mol. The van der Waals surface area contributed by atoms with E-state index in [1.54, 1.807) is 24.3 Å². The molecule has 6 heteroatoms. The molecule has 1 heterocycles. The van der Waals surface area contributed by atoms with Crippen LogP contribution < -0.4 is 10.1 Å². The summed E-state index contributed by atoms with van der Waals surface area (Å²) in [5, 5.41) is 2.95. The maximum atomic E-state index is 12.0. The van der Waals surface area contributed by atoms with E-state index in [9.17, 15) is 9.59 Å². The first kappa shape index (κ1) is 21.4. The third-order valence-electron chi connectivity index (χ3n) is 5.00. The fourth-order valence-corrected chi connectivity index (χ4v) is 3.22. The number of nitrogens with zero attached hydrogens (tertiary/aromatic N) is 2. The molecule has 1 saturated heterocycles. The lowest BCUT2D eigenvalue weighted by Gasteiger charge is -2.35. The molecule has 1 atom stereocenters. The zero-order chi connectivity index (χ0) is 19.6. The van der Waals surface area contributed by atoms with Crippen molar-refractivity contribution in [2.75, 3.05) is 52.4 Å². The van der Waals surface area contributed by atoms with Crippen molar-refractivity contribution in [2.45, 2.75) is 27.2 Å². The minimum Gasteiger partial charge on any atom is -0.484 e. The quantitative estimate of drug-likeness (QED) is 0.634. The fraction of sp³-hybridized carbons (Fsp3) is 0.619. The Morgan fingerprint density at radius 2 is 1.70 bits per heavy atom. The summed E-state index contributed by atoms with van der Waals surface area (Å²) in [7, 11) is 0. The average Bonchev–Trinajstić information content (AvgIpc) is 2.71. The maximum absolute atomic E-state index is 12.0. The van der Waals surface area contributed by atoms with Crippen molar-refractivity contribution in [2.24, 2.45) is 5.92 Å².